The van der Waals surface area contributed by atoms with E-state index in [2.05, 4.69) is 0 Å². The van der Waals surface area contributed by atoms with Gasteiger partial charge in [-0.1, -0.05) is 18.9 Å². The minimum atomic E-state index is -0.846. The molecule has 1 aliphatic rings. The molecule has 2 nitrogen and oxygen atoms in total. The average Bonchev–Trinajstić information content (AvgIpc) is 2.55. The molecule has 74 valence electrons. The molecule has 1 fully saturated rings. The van der Waals surface area contributed by atoms with Crippen LogP contribution < -0.4 is 0 Å². The van der Waals surface area contributed by atoms with Crippen molar-refractivity contribution in [2.75, 3.05) is 11.5 Å². The van der Waals surface area contributed by atoms with E-state index in [1.165, 1.54) is 37.5 Å². The highest BCUT2D eigenvalue weighted by Crippen LogP contribution is 2.27. The standard InChI is InChI=1S/C10H16O2S/c11-10(12)6-3-7-13-8-9-4-1-2-5-9/h3,6,9H,1-2,4-5,7-8H2,(H,11,12)/b6-3+. The second-order valence-corrected chi connectivity index (χ2v) is 4.50. The van der Waals surface area contributed by atoms with E-state index in [1.807, 2.05) is 11.8 Å². The van der Waals surface area contributed by atoms with Crippen molar-refractivity contribution in [2.45, 2.75) is 25.7 Å². The third-order valence-corrected chi connectivity index (χ3v) is 3.44. The van der Waals surface area contributed by atoms with Gasteiger partial charge in [0.2, 0.25) is 0 Å². The number of carboxylic acids is 1. The molecule has 1 N–H and O–H groups in total. The molecule has 13 heavy (non-hydrogen) atoms. The van der Waals surface area contributed by atoms with Crippen molar-refractivity contribution in [3.8, 4) is 0 Å². The van der Waals surface area contributed by atoms with E-state index in [9.17, 15) is 4.79 Å². The van der Waals surface area contributed by atoms with Crippen molar-refractivity contribution < 1.29 is 9.90 Å². The predicted molar refractivity (Wildman–Crippen MR) is 56.1 cm³/mol. The smallest absolute Gasteiger partial charge is 0.328 e. The number of rotatable bonds is 5. The van der Waals surface area contributed by atoms with Gasteiger partial charge in [0.05, 0.1) is 0 Å². The van der Waals surface area contributed by atoms with Crippen LogP contribution in [0.25, 0.3) is 0 Å². The molecule has 0 aliphatic heterocycles. The topological polar surface area (TPSA) is 37.3 Å². The van der Waals surface area contributed by atoms with Gasteiger partial charge in [-0.3, -0.25) is 0 Å². The van der Waals surface area contributed by atoms with Crippen LogP contribution in [0, 0.1) is 5.92 Å². The summed E-state index contributed by atoms with van der Waals surface area (Å²) in [6.45, 7) is 0. The van der Waals surface area contributed by atoms with Gasteiger partial charge >= 0.3 is 5.97 Å². The number of hydrogen-bond donors (Lipinski definition) is 1. The third-order valence-electron chi connectivity index (χ3n) is 2.30. The summed E-state index contributed by atoms with van der Waals surface area (Å²) in [5.74, 6) is 2.08. The van der Waals surface area contributed by atoms with Gasteiger partial charge in [-0.25, -0.2) is 4.79 Å². The Hall–Kier alpha value is -0.440. The molecule has 0 aromatic rings. The summed E-state index contributed by atoms with van der Waals surface area (Å²) in [7, 11) is 0. The van der Waals surface area contributed by atoms with E-state index in [0.29, 0.717) is 0 Å². The first-order valence-electron chi connectivity index (χ1n) is 4.76. The molecular weight excluding hydrogens is 184 g/mol. The normalized spacial score (nSPS) is 18.5. The Morgan fingerprint density at radius 3 is 2.77 bits per heavy atom. The van der Waals surface area contributed by atoms with E-state index in [-0.39, 0.29) is 0 Å². The van der Waals surface area contributed by atoms with Gasteiger partial charge in [0.15, 0.2) is 0 Å². The van der Waals surface area contributed by atoms with Crippen LogP contribution in [0.4, 0.5) is 0 Å². The van der Waals surface area contributed by atoms with Crippen molar-refractivity contribution in [2.24, 2.45) is 5.92 Å². The zero-order chi connectivity index (χ0) is 9.52. The van der Waals surface area contributed by atoms with Crippen LogP contribution in [0.2, 0.25) is 0 Å². The highest BCUT2D eigenvalue weighted by molar-refractivity contribution is 7.99. The lowest BCUT2D eigenvalue weighted by Gasteiger charge is -2.05. The molecule has 0 aromatic heterocycles. The van der Waals surface area contributed by atoms with Gasteiger partial charge in [-0.15, -0.1) is 0 Å². The first-order chi connectivity index (χ1) is 6.29. The minimum absolute atomic E-state index is 0.836. The summed E-state index contributed by atoms with van der Waals surface area (Å²) >= 11 is 1.84. The second kappa shape index (κ2) is 6.08. The maximum absolute atomic E-state index is 10.1. The molecule has 0 bridgehead atoms. The van der Waals surface area contributed by atoms with Crippen LogP contribution in [0.5, 0.6) is 0 Å². The van der Waals surface area contributed by atoms with Crippen LogP contribution in [0.1, 0.15) is 25.7 Å². The van der Waals surface area contributed by atoms with Crippen molar-refractivity contribution in [1.82, 2.24) is 0 Å². The van der Waals surface area contributed by atoms with Crippen molar-refractivity contribution in [1.29, 1.82) is 0 Å². The van der Waals surface area contributed by atoms with Gasteiger partial charge < -0.3 is 5.11 Å². The van der Waals surface area contributed by atoms with Crippen molar-refractivity contribution in [3.63, 3.8) is 0 Å². The van der Waals surface area contributed by atoms with Crippen LogP contribution in [-0.2, 0) is 4.79 Å². The molecule has 1 saturated carbocycles. The Morgan fingerprint density at radius 1 is 1.46 bits per heavy atom. The Morgan fingerprint density at radius 2 is 2.15 bits per heavy atom. The molecular formula is C10H16O2S. The van der Waals surface area contributed by atoms with E-state index in [4.69, 9.17) is 5.11 Å². The minimum Gasteiger partial charge on any atom is -0.478 e. The molecule has 1 rings (SSSR count). The second-order valence-electron chi connectivity index (χ2n) is 3.43. The quantitative estimate of drug-likeness (QED) is 0.547. The van der Waals surface area contributed by atoms with Crippen LogP contribution in [-0.4, -0.2) is 22.6 Å². The molecule has 0 amide bonds. The number of carboxylic acid groups (broad SMARTS) is 1. The Bertz CT molecular complexity index is 183. The van der Waals surface area contributed by atoms with Gasteiger partial charge in [0.25, 0.3) is 0 Å². The van der Waals surface area contributed by atoms with Gasteiger partial charge in [-0.05, 0) is 24.5 Å². The first kappa shape index (κ1) is 10.6. The van der Waals surface area contributed by atoms with Crippen molar-refractivity contribution >= 4 is 17.7 Å². The predicted octanol–water partition coefficient (Wildman–Crippen LogP) is 2.55. The summed E-state index contributed by atoms with van der Waals surface area (Å²) in [5.41, 5.74) is 0. The number of carbonyl (C=O) groups is 1. The summed E-state index contributed by atoms with van der Waals surface area (Å²) in [4.78, 5) is 10.1. The van der Waals surface area contributed by atoms with Crippen molar-refractivity contribution in [3.05, 3.63) is 12.2 Å². The highest BCUT2D eigenvalue weighted by atomic mass is 32.2. The maximum atomic E-state index is 10.1. The lowest BCUT2D eigenvalue weighted by Crippen LogP contribution is -1.96. The average molecular weight is 200 g/mol. The molecule has 1 aliphatic carbocycles. The van der Waals surface area contributed by atoms with E-state index < -0.39 is 5.97 Å². The zero-order valence-electron chi connectivity index (χ0n) is 7.74. The number of thioether (sulfide) groups is 1. The Kier molecular flexibility index (Phi) is 4.98. The summed E-state index contributed by atoms with van der Waals surface area (Å²) in [6, 6.07) is 0. The Balaban J connectivity index is 1.97. The third kappa shape index (κ3) is 4.98. The molecule has 3 heteroatoms. The van der Waals surface area contributed by atoms with Crippen LogP contribution >= 0.6 is 11.8 Å². The lowest BCUT2D eigenvalue weighted by atomic mass is 10.1. The monoisotopic (exact) mass is 200 g/mol. The van der Waals surface area contributed by atoms with Crippen LogP contribution in [0.15, 0.2) is 12.2 Å². The fourth-order valence-electron chi connectivity index (χ4n) is 1.63. The SMILES string of the molecule is O=C(O)/C=C/CSCC1CCCC1. The molecule has 0 heterocycles. The number of hydrogen-bond acceptors (Lipinski definition) is 2. The maximum Gasteiger partial charge on any atom is 0.328 e. The number of aliphatic carboxylic acids is 1. The lowest BCUT2D eigenvalue weighted by molar-refractivity contribution is -0.131. The molecule has 0 atom stereocenters. The summed E-state index contributed by atoms with van der Waals surface area (Å²) < 4.78 is 0. The zero-order valence-corrected chi connectivity index (χ0v) is 8.55. The molecule has 0 spiro atoms. The van der Waals surface area contributed by atoms with Gasteiger partial charge in [0.1, 0.15) is 0 Å². The molecule has 0 saturated heterocycles. The molecule has 0 unspecified atom stereocenters. The molecule has 0 radical (unpaired) electrons. The fourth-order valence-corrected chi connectivity index (χ4v) is 2.66. The Labute approximate surface area is 83.4 Å². The van der Waals surface area contributed by atoms with Crippen LogP contribution in [0.3, 0.4) is 0 Å². The van der Waals surface area contributed by atoms with Gasteiger partial charge in [-0.2, -0.15) is 11.8 Å². The van der Waals surface area contributed by atoms with E-state index in [1.54, 1.807) is 6.08 Å². The largest absolute Gasteiger partial charge is 0.478 e. The van der Waals surface area contributed by atoms with Gasteiger partial charge in [0, 0.05) is 11.8 Å². The van der Waals surface area contributed by atoms with E-state index in [0.717, 1.165) is 11.7 Å². The molecule has 0 aromatic carbocycles. The first-order valence-corrected chi connectivity index (χ1v) is 5.91. The van der Waals surface area contributed by atoms with E-state index >= 15 is 0 Å². The summed E-state index contributed by atoms with van der Waals surface area (Å²) in [5, 5.41) is 8.33. The highest BCUT2D eigenvalue weighted by Gasteiger charge is 2.13. The summed E-state index contributed by atoms with van der Waals surface area (Å²) in [6.07, 6.45) is 8.46. The fraction of sp³-hybridized carbons (Fsp3) is 0.700.